The van der Waals surface area contributed by atoms with E-state index in [0.717, 1.165) is 11.1 Å². The van der Waals surface area contributed by atoms with Crippen LogP contribution in [0, 0.1) is 0 Å². The number of aliphatic imine (C=N–C) groups is 1. The second-order valence-corrected chi connectivity index (χ2v) is 5.87. The first-order valence-corrected chi connectivity index (χ1v) is 8.51. The number of guanidine groups is 1. The zero-order chi connectivity index (χ0) is 19.7. The van der Waals surface area contributed by atoms with Gasteiger partial charge < -0.3 is 20.9 Å². The number of esters is 2. The number of nitrogens with zero attached hydrogens (tertiary/aromatic N) is 1. The molecule has 0 amide bonds. The summed E-state index contributed by atoms with van der Waals surface area (Å²) in [5.41, 5.74) is 10.5. The number of carbonyl (C=O) groups excluding carboxylic acids is 2. The molecule has 0 bridgehead atoms. The first kappa shape index (κ1) is 20.0. The Kier molecular flexibility index (Phi) is 6.93. The minimum absolute atomic E-state index is 0.00656. The number of ether oxygens (including phenoxy) is 2. The quantitative estimate of drug-likeness (QED) is 0.318. The van der Waals surface area contributed by atoms with Crippen LogP contribution in [-0.4, -0.2) is 23.4 Å². The molecule has 0 spiro atoms. The van der Waals surface area contributed by atoms with Crippen LogP contribution in [0.1, 0.15) is 24.5 Å². The van der Waals surface area contributed by atoms with Crippen LogP contribution < -0.4 is 11.5 Å². The fraction of sp³-hybridized carbons (Fsp3) is 0.250. The van der Waals surface area contributed by atoms with Crippen molar-refractivity contribution in [3.8, 4) is 0 Å². The Morgan fingerprint density at radius 2 is 1.26 bits per heavy atom. The van der Waals surface area contributed by atoms with Crippen LogP contribution in [-0.2, 0) is 32.3 Å². The van der Waals surface area contributed by atoms with E-state index in [1.807, 2.05) is 36.4 Å². The third-order valence-electron chi connectivity index (χ3n) is 3.93. The highest BCUT2D eigenvalue weighted by Crippen LogP contribution is 2.22. The van der Waals surface area contributed by atoms with Crippen molar-refractivity contribution in [1.29, 1.82) is 0 Å². The fourth-order valence-electron chi connectivity index (χ4n) is 2.45. The highest BCUT2D eigenvalue weighted by molar-refractivity contribution is 6.06. The number of hydrogen-bond acceptors (Lipinski definition) is 5. The van der Waals surface area contributed by atoms with Crippen molar-refractivity contribution < 1.29 is 19.1 Å². The summed E-state index contributed by atoms with van der Waals surface area (Å²) >= 11 is 0. The Labute approximate surface area is 158 Å². The van der Waals surface area contributed by atoms with Crippen molar-refractivity contribution in [3.05, 3.63) is 71.8 Å². The van der Waals surface area contributed by atoms with Gasteiger partial charge in [-0.2, -0.15) is 0 Å². The first-order valence-electron chi connectivity index (χ1n) is 8.51. The van der Waals surface area contributed by atoms with Crippen LogP contribution in [0.4, 0.5) is 0 Å². The summed E-state index contributed by atoms with van der Waals surface area (Å²) in [4.78, 5) is 29.3. The van der Waals surface area contributed by atoms with Crippen LogP contribution in [0.5, 0.6) is 0 Å². The van der Waals surface area contributed by atoms with E-state index < -0.39 is 23.4 Å². The molecule has 142 valence electrons. The third kappa shape index (κ3) is 5.31. The Balaban J connectivity index is 2.16. The lowest BCUT2D eigenvalue weighted by atomic mass is 9.97. The van der Waals surface area contributed by atoms with Crippen LogP contribution in [0.2, 0.25) is 0 Å². The minimum Gasteiger partial charge on any atom is -0.459 e. The molecule has 0 aliphatic rings. The van der Waals surface area contributed by atoms with Gasteiger partial charge in [0.2, 0.25) is 0 Å². The molecule has 27 heavy (non-hydrogen) atoms. The number of nitrogens with two attached hydrogens (primary N) is 2. The maximum atomic E-state index is 12.7. The molecule has 0 saturated carbocycles. The maximum Gasteiger partial charge on any atom is 0.346 e. The van der Waals surface area contributed by atoms with E-state index in [-0.39, 0.29) is 19.6 Å². The van der Waals surface area contributed by atoms with Crippen molar-refractivity contribution in [2.24, 2.45) is 16.5 Å². The number of rotatable bonds is 8. The van der Waals surface area contributed by atoms with Gasteiger partial charge >= 0.3 is 11.9 Å². The van der Waals surface area contributed by atoms with Gasteiger partial charge in [-0.05, 0) is 17.5 Å². The Bertz CT molecular complexity index is 732. The summed E-state index contributed by atoms with van der Waals surface area (Å²) in [6.07, 6.45) is -0.00779. The van der Waals surface area contributed by atoms with Gasteiger partial charge in [0.15, 0.2) is 5.96 Å². The molecule has 0 heterocycles. The average molecular weight is 369 g/mol. The van der Waals surface area contributed by atoms with Crippen LogP contribution in [0.15, 0.2) is 65.7 Å². The Hall–Kier alpha value is -3.35. The molecule has 0 saturated heterocycles. The van der Waals surface area contributed by atoms with Crippen molar-refractivity contribution in [1.82, 2.24) is 0 Å². The molecule has 0 aromatic heterocycles. The standard InChI is InChI=1S/C20H23N3O4/c1-2-20(23-19(21)22,17(24)26-13-15-9-5-3-6-10-15)18(25)27-14-16-11-7-4-8-12-16/h3-12H,2,13-14H2,1H3,(H4,21,22,23). The molecule has 0 unspecified atom stereocenters. The summed E-state index contributed by atoms with van der Waals surface area (Å²) in [6, 6.07) is 18.2. The van der Waals surface area contributed by atoms with Gasteiger partial charge in [0.05, 0.1) is 0 Å². The summed E-state index contributed by atoms with van der Waals surface area (Å²) in [5.74, 6) is -2.12. The van der Waals surface area contributed by atoms with Crippen LogP contribution in [0.25, 0.3) is 0 Å². The molecule has 7 nitrogen and oxygen atoms in total. The van der Waals surface area contributed by atoms with Gasteiger partial charge in [-0.3, -0.25) is 0 Å². The second kappa shape index (κ2) is 9.38. The monoisotopic (exact) mass is 369 g/mol. The normalized spacial score (nSPS) is 10.7. The van der Waals surface area contributed by atoms with Crippen molar-refractivity contribution in [2.45, 2.75) is 32.1 Å². The molecule has 2 rings (SSSR count). The molecular weight excluding hydrogens is 346 g/mol. The van der Waals surface area contributed by atoms with E-state index in [4.69, 9.17) is 20.9 Å². The van der Waals surface area contributed by atoms with Gasteiger partial charge in [-0.15, -0.1) is 0 Å². The summed E-state index contributed by atoms with van der Waals surface area (Å²) in [6.45, 7) is 1.60. The van der Waals surface area contributed by atoms with E-state index in [0.29, 0.717) is 0 Å². The molecule has 0 atom stereocenters. The number of carbonyl (C=O) groups is 2. The van der Waals surface area contributed by atoms with Gasteiger partial charge in [0.1, 0.15) is 13.2 Å². The van der Waals surface area contributed by atoms with Gasteiger partial charge in [-0.25, -0.2) is 14.6 Å². The molecule has 7 heteroatoms. The lowest BCUT2D eigenvalue weighted by molar-refractivity contribution is -0.166. The summed E-state index contributed by atoms with van der Waals surface area (Å²) in [5, 5.41) is 0. The van der Waals surface area contributed by atoms with E-state index in [1.165, 1.54) is 0 Å². The molecule has 0 fully saturated rings. The Morgan fingerprint density at radius 3 is 1.59 bits per heavy atom. The fourth-order valence-corrected chi connectivity index (χ4v) is 2.45. The van der Waals surface area contributed by atoms with Gasteiger partial charge in [-0.1, -0.05) is 67.6 Å². The predicted octanol–water partition coefficient (Wildman–Crippen LogP) is 1.90. The van der Waals surface area contributed by atoms with Crippen LogP contribution in [0.3, 0.4) is 0 Å². The average Bonchev–Trinajstić information content (AvgIpc) is 2.69. The van der Waals surface area contributed by atoms with Crippen molar-refractivity contribution in [2.75, 3.05) is 0 Å². The lowest BCUT2D eigenvalue weighted by Gasteiger charge is -2.24. The van der Waals surface area contributed by atoms with Gasteiger partial charge in [0.25, 0.3) is 5.54 Å². The minimum atomic E-state index is -1.94. The van der Waals surface area contributed by atoms with Crippen molar-refractivity contribution in [3.63, 3.8) is 0 Å². The molecule has 2 aromatic rings. The van der Waals surface area contributed by atoms with E-state index in [1.54, 1.807) is 31.2 Å². The SMILES string of the molecule is CCC(N=C(N)N)(C(=O)OCc1ccccc1)C(=O)OCc1ccccc1. The third-order valence-corrected chi connectivity index (χ3v) is 3.93. The topological polar surface area (TPSA) is 117 Å². The molecule has 4 N–H and O–H groups in total. The molecule has 0 aliphatic heterocycles. The van der Waals surface area contributed by atoms with Gasteiger partial charge in [0, 0.05) is 0 Å². The second-order valence-electron chi connectivity index (χ2n) is 5.87. The number of benzene rings is 2. The smallest absolute Gasteiger partial charge is 0.346 e. The largest absolute Gasteiger partial charge is 0.459 e. The zero-order valence-corrected chi connectivity index (χ0v) is 15.1. The zero-order valence-electron chi connectivity index (χ0n) is 15.1. The first-order chi connectivity index (χ1) is 13.0. The Morgan fingerprint density at radius 1 is 0.852 bits per heavy atom. The maximum absolute atomic E-state index is 12.7. The van der Waals surface area contributed by atoms with E-state index in [9.17, 15) is 9.59 Å². The lowest BCUT2D eigenvalue weighted by Crippen LogP contribution is -2.49. The predicted molar refractivity (Wildman–Crippen MR) is 101 cm³/mol. The highest BCUT2D eigenvalue weighted by atomic mass is 16.6. The number of hydrogen-bond donors (Lipinski definition) is 2. The molecule has 0 aliphatic carbocycles. The summed E-state index contributed by atoms with van der Waals surface area (Å²) < 4.78 is 10.6. The van der Waals surface area contributed by atoms with Crippen LogP contribution >= 0.6 is 0 Å². The van der Waals surface area contributed by atoms with E-state index >= 15 is 0 Å². The summed E-state index contributed by atoms with van der Waals surface area (Å²) in [7, 11) is 0. The molecule has 0 radical (unpaired) electrons. The van der Waals surface area contributed by atoms with Crippen molar-refractivity contribution >= 4 is 17.9 Å². The van der Waals surface area contributed by atoms with E-state index in [2.05, 4.69) is 4.99 Å². The molecular formula is C20H23N3O4. The molecule has 2 aromatic carbocycles. The highest BCUT2D eigenvalue weighted by Gasteiger charge is 2.48.